The van der Waals surface area contributed by atoms with Crippen LogP contribution in [0.4, 0.5) is 10.1 Å². The van der Waals surface area contributed by atoms with E-state index < -0.39 is 58.5 Å². The van der Waals surface area contributed by atoms with E-state index in [9.17, 15) is 33.9 Å². The number of thioether (sulfide) groups is 1. The van der Waals surface area contributed by atoms with Crippen molar-refractivity contribution in [3.63, 3.8) is 0 Å². The molecule has 14 nitrogen and oxygen atoms in total. The summed E-state index contributed by atoms with van der Waals surface area (Å²) in [5.41, 5.74) is 4.80. The van der Waals surface area contributed by atoms with Crippen LogP contribution in [0.25, 0.3) is 10.9 Å². The molecule has 0 radical (unpaired) electrons. The molecule has 1 aliphatic carbocycles. The van der Waals surface area contributed by atoms with E-state index in [-0.39, 0.29) is 56.5 Å². The van der Waals surface area contributed by atoms with Crippen molar-refractivity contribution < 1.29 is 33.4 Å². The Balaban J connectivity index is 1.07. The van der Waals surface area contributed by atoms with Gasteiger partial charge in [0.05, 0.1) is 11.2 Å². The number of nitrogens with zero attached hydrogens (tertiary/aromatic N) is 4. The zero-order valence-corrected chi connectivity index (χ0v) is 29.1. The number of carboxylic acids is 1. The fourth-order valence-electron chi connectivity index (χ4n) is 6.71. The van der Waals surface area contributed by atoms with Crippen molar-refractivity contribution in [2.45, 2.75) is 43.3 Å². The molecular formula is C33H31Cl2FN6O8S. The van der Waals surface area contributed by atoms with Crippen molar-refractivity contribution in [1.82, 2.24) is 19.4 Å². The second-order valence-electron chi connectivity index (χ2n) is 12.9. The maximum Gasteiger partial charge on any atom is 0.352 e. The number of aliphatic carboxylic acids is 1. The van der Waals surface area contributed by atoms with E-state index in [0.717, 1.165) is 42.0 Å². The Labute approximate surface area is 302 Å². The minimum atomic E-state index is -1.44. The van der Waals surface area contributed by atoms with Crippen molar-refractivity contribution in [3.8, 4) is 0 Å². The average Bonchev–Trinajstić information content (AvgIpc) is 3.83. The third-order valence-electron chi connectivity index (χ3n) is 9.48. The molecule has 268 valence electrons. The molecule has 5 heterocycles. The zero-order chi connectivity index (χ0) is 36.3. The fraction of sp³-hybridized carbons (Fsp3) is 0.394. The largest absolute Gasteiger partial charge is 0.477 e. The highest BCUT2D eigenvalue weighted by Gasteiger charge is 2.54. The van der Waals surface area contributed by atoms with Crippen LogP contribution in [-0.2, 0) is 25.7 Å². The summed E-state index contributed by atoms with van der Waals surface area (Å²) in [6.45, 7) is 0.891. The van der Waals surface area contributed by atoms with Gasteiger partial charge in [-0.15, -0.1) is 11.8 Å². The number of esters is 1. The molecule has 3 aromatic rings. The number of amides is 2. The predicted octanol–water partition coefficient (Wildman–Crippen LogP) is 2.32. The second kappa shape index (κ2) is 13.6. The molecule has 1 aromatic carbocycles. The van der Waals surface area contributed by atoms with E-state index in [2.05, 4.69) is 5.32 Å². The Morgan fingerprint density at radius 2 is 1.78 bits per heavy atom. The van der Waals surface area contributed by atoms with E-state index >= 15 is 4.39 Å². The number of fused-ring (bicyclic) bond motifs is 2. The molecule has 2 saturated heterocycles. The first-order valence-corrected chi connectivity index (χ1v) is 17.9. The molecule has 18 heteroatoms. The topological polar surface area (TPSA) is 186 Å². The molecule has 2 amide bonds. The number of β-lactam (4-membered cyclic amide) rings is 1. The maximum absolute atomic E-state index is 15.4. The van der Waals surface area contributed by atoms with Gasteiger partial charge in [0.25, 0.3) is 5.91 Å². The van der Waals surface area contributed by atoms with Crippen molar-refractivity contribution in [2.24, 2.45) is 11.7 Å². The lowest BCUT2D eigenvalue weighted by Gasteiger charge is -2.49. The highest BCUT2D eigenvalue weighted by molar-refractivity contribution is 8.00. The molecule has 3 fully saturated rings. The average molecular weight is 762 g/mol. The van der Waals surface area contributed by atoms with Gasteiger partial charge in [0, 0.05) is 54.4 Å². The van der Waals surface area contributed by atoms with Crippen LogP contribution < -0.4 is 26.8 Å². The molecule has 1 saturated carbocycles. The summed E-state index contributed by atoms with van der Waals surface area (Å²) >= 11 is 12.9. The van der Waals surface area contributed by atoms with Gasteiger partial charge in [-0.2, -0.15) is 0 Å². The smallest absolute Gasteiger partial charge is 0.352 e. The lowest BCUT2D eigenvalue weighted by atomic mass is 10.0. The number of rotatable bonds is 10. The van der Waals surface area contributed by atoms with E-state index in [1.165, 1.54) is 23.2 Å². The fourth-order valence-corrected chi connectivity index (χ4v) is 8.54. The third-order valence-corrected chi connectivity index (χ3v) is 11.4. The number of benzene rings is 1. The summed E-state index contributed by atoms with van der Waals surface area (Å²) in [4.78, 5) is 79.8. The lowest BCUT2D eigenvalue weighted by Crippen LogP contribution is -2.70. The number of hydrogen-bond donors (Lipinski definition) is 3. The van der Waals surface area contributed by atoms with Crippen LogP contribution in [0, 0.1) is 11.7 Å². The molecule has 0 bridgehead atoms. The summed E-state index contributed by atoms with van der Waals surface area (Å²) < 4.78 is 24.0. The maximum atomic E-state index is 15.4. The van der Waals surface area contributed by atoms with E-state index in [1.807, 2.05) is 4.90 Å². The quantitative estimate of drug-likeness (QED) is 0.204. The van der Waals surface area contributed by atoms with Gasteiger partial charge < -0.3 is 34.9 Å². The number of anilines is 1. The second-order valence-corrected chi connectivity index (χ2v) is 14.8. The Hall–Kier alpha value is -4.38. The summed E-state index contributed by atoms with van der Waals surface area (Å²) in [5.74, 6) is -4.05. The van der Waals surface area contributed by atoms with Gasteiger partial charge in [-0.25, -0.2) is 14.0 Å². The number of pyridine rings is 2. The molecular weight excluding hydrogens is 730 g/mol. The SMILES string of the molecule is NCC1CCN(c2cc3c(cc2F)c(=O)c(C(=O)OCC2=C(C(=O)O)N4C(=O)[C@@H](NC(=O)Cn5cc(Cl)c(=O)c(Cl)c5)[C@H]4SC2)cn3C2CC2)C1. The molecule has 1 unspecified atom stereocenters. The van der Waals surface area contributed by atoms with Crippen molar-refractivity contribution >= 4 is 75.3 Å². The van der Waals surface area contributed by atoms with Crippen LogP contribution in [0.5, 0.6) is 0 Å². The first-order valence-electron chi connectivity index (χ1n) is 16.1. The highest BCUT2D eigenvalue weighted by atomic mass is 35.5. The standard InChI is InChI=1S/C33H31Cl2FN6O8S/c34-20-10-39(11-21(35)29(20)45)12-25(43)38-26-30(46)42-27(32(47)48)16(14-51-31(26)42)13-50-33(49)19-9-41(17-1-2-17)23-6-24(22(36)5-18(23)28(19)44)40-4-3-15(7-37)8-40/h5-6,9-11,15,17,26,31H,1-4,7-8,12-14,37H2,(H,38,43)(H,47,48)/t15?,26-,31-/m1/s1. The summed E-state index contributed by atoms with van der Waals surface area (Å²) in [6.07, 6.45) is 6.32. The van der Waals surface area contributed by atoms with Gasteiger partial charge in [-0.3, -0.25) is 24.1 Å². The molecule has 51 heavy (non-hydrogen) atoms. The number of nitrogens with two attached hydrogens (primary N) is 1. The van der Waals surface area contributed by atoms with Gasteiger partial charge in [-0.05, 0) is 43.9 Å². The highest BCUT2D eigenvalue weighted by Crippen LogP contribution is 2.41. The number of aromatic nitrogens is 2. The number of nitrogens with one attached hydrogen (secondary N) is 1. The Bertz CT molecular complexity index is 2140. The van der Waals surface area contributed by atoms with Crippen molar-refractivity contribution in [3.05, 3.63) is 83.9 Å². The molecule has 7 rings (SSSR count). The Morgan fingerprint density at radius 3 is 2.43 bits per heavy atom. The summed E-state index contributed by atoms with van der Waals surface area (Å²) in [5, 5.41) is 11.5. The van der Waals surface area contributed by atoms with Crippen LogP contribution in [0.2, 0.25) is 10.0 Å². The molecule has 3 aliphatic heterocycles. The van der Waals surface area contributed by atoms with Crippen LogP contribution in [0.3, 0.4) is 0 Å². The van der Waals surface area contributed by atoms with Crippen molar-refractivity contribution in [1.29, 1.82) is 0 Å². The lowest BCUT2D eigenvalue weighted by molar-refractivity contribution is -0.150. The Morgan fingerprint density at radius 1 is 1.06 bits per heavy atom. The van der Waals surface area contributed by atoms with Crippen LogP contribution in [-0.4, -0.2) is 86.3 Å². The zero-order valence-electron chi connectivity index (χ0n) is 26.8. The van der Waals surface area contributed by atoms with Gasteiger partial charge >= 0.3 is 11.9 Å². The number of halogens is 3. The van der Waals surface area contributed by atoms with Gasteiger partial charge in [0.2, 0.25) is 16.8 Å². The molecule has 4 aliphatic rings. The van der Waals surface area contributed by atoms with E-state index in [4.69, 9.17) is 33.7 Å². The minimum absolute atomic E-state index is 0.0137. The molecule has 4 N–H and O–H groups in total. The minimum Gasteiger partial charge on any atom is -0.477 e. The summed E-state index contributed by atoms with van der Waals surface area (Å²) in [6, 6.07) is 1.77. The van der Waals surface area contributed by atoms with Gasteiger partial charge in [0.15, 0.2) is 0 Å². The monoisotopic (exact) mass is 760 g/mol. The number of hydrogen-bond acceptors (Lipinski definition) is 10. The van der Waals surface area contributed by atoms with Crippen molar-refractivity contribution in [2.75, 3.05) is 36.9 Å². The van der Waals surface area contributed by atoms with E-state index in [0.29, 0.717) is 30.8 Å². The predicted molar refractivity (Wildman–Crippen MR) is 187 cm³/mol. The van der Waals surface area contributed by atoms with Gasteiger partial charge in [0.1, 0.15) is 51.7 Å². The van der Waals surface area contributed by atoms with E-state index in [1.54, 1.807) is 10.6 Å². The Kier molecular flexibility index (Phi) is 9.37. The molecule has 3 atom stereocenters. The van der Waals surface area contributed by atoms with Crippen LogP contribution >= 0.6 is 35.0 Å². The molecule has 0 spiro atoms. The van der Waals surface area contributed by atoms with Crippen LogP contribution in [0.15, 0.2) is 51.6 Å². The number of ether oxygens (including phenoxy) is 1. The normalized spacial score (nSPS) is 21.5. The third kappa shape index (κ3) is 6.49. The number of carboxylic acid groups (broad SMARTS) is 1. The first kappa shape index (κ1) is 35.0. The number of carbonyl (C=O) groups is 4. The molecule has 2 aromatic heterocycles. The van der Waals surface area contributed by atoms with Gasteiger partial charge in [-0.1, -0.05) is 23.2 Å². The summed E-state index contributed by atoms with van der Waals surface area (Å²) in [7, 11) is 0. The van der Waals surface area contributed by atoms with Crippen LogP contribution in [0.1, 0.15) is 35.7 Å². The first-order chi connectivity index (χ1) is 24.4. The number of carbonyl (C=O) groups excluding carboxylic acids is 3.